The minimum Gasteiger partial charge on any atom is -0.494 e. The number of hydrogen-bond donors (Lipinski definition) is 0. The molecule has 0 saturated carbocycles. The van der Waals surface area contributed by atoms with E-state index in [1.807, 2.05) is 30.3 Å². The van der Waals surface area contributed by atoms with Gasteiger partial charge in [0.2, 0.25) is 0 Å². The number of aromatic nitrogens is 2. The summed E-state index contributed by atoms with van der Waals surface area (Å²) in [6.45, 7) is 0.0531. The number of nitrogens with zero attached hydrogens (tertiary/aromatic N) is 2. The Balaban J connectivity index is 1.99. The van der Waals surface area contributed by atoms with Crippen LogP contribution < -0.4 is 4.74 Å². The van der Waals surface area contributed by atoms with Crippen molar-refractivity contribution in [3.05, 3.63) is 76.8 Å². The zero-order valence-corrected chi connectivity index (χ0v) is 15.5. The first-order valence-electron chi connectivity index (χ1n) is 8.18. The number of alkyl halides is 2. The van der Waals surface area contributed by atoms with Crippen LogP contribution in [-0.4, -0.2) is 23.0 Å². The number of methoxy groups -OCH3 is 1. The van der Waals surface area contributed by atoms with Crippen LogP contribution in [0.25, 0.3) is 11.1 Å². The van der Waals surface area contributed by atoms with Gasteiger partial charge in [0, 0.05) is 17.3 Å². The maximum absolute atomic E-state index is 13.1. The number of hydrogen-bond acceptors (Lipinski definition) is 5. The summed E-state index contributed by atoms with van der Waals surface area (Å²) in [4.78, 5) is 20.2. The average molecular weight is 405 g/mol. The number of pyridine rings is 2. The molecule has 144 valence electrons. The SMILES string of the molecule is COc1cnc(C(F)F)cc1-c1cc(Cl)ncc1C(=O)OCc1ccccc1. The summed E-state index contributed by atoms with van der Waals surface area (Å²) in [7, 11) is 1.37. The maximum atomic E-state index is 13.1. The number of halogens is 3. The van der Waals surface area contributed by atoms with Gasteiger partial charge in [-0.05, 0) is 17.7 Å². The minimum absolute atomic E-state index is 0.0531. The Morgan fingerprint density at radius 1 is 1.11 bits per heavy atom. The van der Waals surface area contributed by atoms with Gasteiger partial charge in [0.15, 0.2) is 0 Å². The Morgan fingerprint density at radius 3 is 2.54 bits per heavy atom. The molecule has 0 spiro atoms. The molecule has 8 heteroatoms. The summed E-state index contributed by atoms with van der Waals surface area (Å²) in [5, 5.41) is 0.0899. The van der Waals surface area contributed by atoms with Crippen LogP contribution in [0.4, 0.5) is 8.78 Å². The largest absolute Gasteiger partial charge is 0.494 e. The van der Waals surface area contributed by atoms with E-state index in [2.05, 4.69) is 9.97 Å². The summed E-state index contributed by atoms with van der Waals surface area (Å²) in [5.41, 5.74) is 0.932. The van der Waals surface area contributed by atoms with Gasteiger partial charge in [0.25, 0.3) is 6.43 Å². The van der Waals surface area contributed by atoms with Crippen molar-refractivity contribution >= 4 is 17.6 Å². The van der Waals surface area contributed by atoms with E-state index in [1.165, 1.54) is 25.6 Å². The van der Waals surface area contributed by atoms with E-state index in [0.717, 1.165) is 11.6 Å². The number of benzene rings is 1. The van der Waals surface area contributed by atoms with E-state index in [1.54, 1.807) is 0 Å². The highest BCUT2D eigenvalue weighted by Gasteiger charge is 2.21. The van der Waals surface area contributed by atoms with Crippen molar-refractivity contribution in [1.82, 2.24) is 9.97 Å². The average Bonchev–Trinajstić information content (AvgIpc) is 2.72. The Hall–Kier alpha value is -3.06. The smallest absolute Gasteiger partial charge is 0.340 e. The second-order valence-electron chi connectivity index (χ2n) is 5.72. The monoisotopic (exact) mass is 404 g/mol. The molecular weight excluding hydrogens is 390 g/mol. The predicted octanol–water partition coefficient (Wildman–Crippen LogP) is 5.10. The van der Waals surface area contributed by atoms with Crippen LogP contribution >= 0.6 is 11.6 Å². The molecule has 0 aliphatic rings. The summed E-state index contributed by atoms with van der Waals surface area (Å²) in [6.07, 6.45) is -0.368. The molecule has 0 atom stereocenters. The Labute approximate surface area is 164 Å². The summed E-state index contributed by atoms with van der Waals surface area (Å²) < 4.78 is 36.8. The first kappa shape index (κ1) is 19.7. The molecule has 2 heterocycles. The van der Waals surface area contributed by atoms with Crippen molar-refractivity contribution in [1.29, 1.82) is 0 Å². The Kier molecular flexibility index (Phi) is 6.16. The fourth-order valence-electron chi connectivity index (χ4n) is 2.57. The van der Waals surface area contributed by atoms with Crippen molar-refractivity contribution in [3.63, 3.8) is 0 Å². The standard InChI is InChI=1S/C20H15ClF2N2O3/c1-27-17-10-24-16(19(22)23)7-14(17)13-8-18(21)25-9-15(13)20(26)28-11-12-5-3-2-4-6-12/h2-10,19H,11H2,1H3. The highest BCUT2D eigenvalue weighted by atomic mass is 35.5. The van der Waals surface area contributed by atoms with Crippen LogP contribution in [0.1, 0.15) is 28.0 Å². The van der Waals surface area contributed by atoms with Gasteiger partial charge >= 0.3 is 5.97 Å². The molecule has 0 saturated heterocycles. The molecule has 3 rings (SSSR count). The molecule has 0 N–H and O–H groups in total. The van der Waals surface area contributed by atoms with Crippen molar-refractivity contribution in [3.8, 4) is 16.9 Å². The molecule has 28 heavy (non-hydrogen) atoms. The van der Waals surface area contributed by atoms with Crippen molar-refractivity contribution in [2.45, 2.75) is 13.0 Å². The highest BCUT2D eigenvalue weighted by molar-refractivity contribution is 6.29. The zero-order chi connectivity index (χ0) is 20.1. The lowest BCUT2D eigenvalue weighted by Crippen LogP contribution is -2.08. The zero-order valence-electron chi connectivity index (χ0n) is 14.7. The first-order chi connectivity index (χ1) is 13.5. The van der Waals surface area contributed by atoms with Gasteiger partial charge in [0.1, 0.15) is 23.2 Å². The Morgan fingerprint density at radius 2 is 1.86 bits per heavy atom. The van der Waals surface area contributed by atoms with Crippen LogP contribution in [0.2, 0.25) is 5.15 Å². The third-order valence-electron chi connectivity index (χ3n) is 3.93. The highest BCUT2D eigenvalue weighted by Crippen LogP contribution is 2.35. The van der Waals surface area contributed by atoms with Crippen LogP contribution in [0.15, 0.2) is 54.9 Å². The number of ether oxygens (including phenoxy) is 2. The van der Waals surface area contributed by atoms with E-state index < -0.39 is 18.1 Å². The van der Waals surface area contributed by atoms with Gasteiger partial charge in [-0.2, -0.15) is 0 Å². The van der Waals surface area contributed by atoms with Crippen LogP contribution in [0.3, 0.4) is 0 Å². The van der Waals surface area contributed by atoms with Crippen molar-refractivity contribution < 1.29 is 23.0 Å². The second kappa shape index (κ2) is 8.75. The third-order valence-corrected chi connectivity index (χ3v) is 4.13. The van der Waals surface area contributed by atoms with Gasteiger partial charge < -0.3 is 9.47 Å². The van der Waals surface area contributed by atoms with Gasteiger partial charge in [-0.3, -0.25) is 4.98 Å². The van der Waals surface area contributed by atoms with E-state index in [-0.39, 0.29) is 34.2 Å². The van der Waals surface area contributed by atoms with Crippen LogP contribution in [0.5, 0.6) is 5.75 Å². The third kappa shape index (κ3) is 4.43. The van der Waals surface area contributed by atoms with Crippen molar-refractivity contribution in [2.24, 2.45) is 0 Å². The topological polar surface area (TPSA) is 61.3 Å². The Bertz CT molecular complexity index is 984. The molecule has 3 aromatic rings. The molecule has 0 radical (unpaired) electrons. The second-order valence-corrected chi connectivity index (χ2v) is 6.11. The van der Waals surface area contributed by atoms with E-state index in [4.69, 9.17) is 21.1 Å². The van der Waals surface area contributed by atoms with Crippen LogP contribution in [-0.2, 0) is 11.3 Å². The molecule has 5 nitrogen and oxygen atoms in total. The van der Waals surface area contributed by atoms with Crippen molar-refractivity contribution in [2.75, 3.05) is 7.11 Å². The summed E-state index contributed by atoms with van der Waals surface area (Å²) >= 11 is 5.97. The predicted molar refractivity (Wildman–Crippen MR) is 99.5 cm³/mol. The molecule has 2 aromatic heterocycles. The lowest BCUT2D eigenvalue weighted by molar-refractivity contribution is 0.0473. The summed E-state index contributed by atoms with van der Waals surface area (Å²) in [6, 6.07) is 11.7. The van der Waals surface area contributed by atoms with E-state index in [0.29, 0.717) is 0 Å². The molecule has 0 unspecified atom stereocenters. The normalized spacial score (nSPS) is 10.8. The molecule has 0 aliphatic carbocycles. The van der Waals surface area contributed by atoms with Gasteiger partial charge in [-0.25, -0.2) is 18.6 Å². The quantitative estimate of drug-likeness (QED) is 0.422. The number of carbonyl (C=O) groups is 1. The molecule has 0 fully saturated rings. The lowest BCUT2D eigenvalue weighted by atomic mass is 10.0. The molecular formula is C20H15ClF2N2O3. The number of carbonyl (C=O) groups excluding carboxylic acids is 1. The summed E-state index contributed by atoms with van der Waals surface area (Å²) in [5.74, 6) is -0.454. The molecule has 1 aromatic carbocycles. The first-order valence-corrected chi connectivity index (χ1v) is 8.56. The molecule has 0 amide bonds. The van der Waals surface area contributed by atoms with E-state index in [9.17, 15) is 13.6 Å². The van der Waals surface area contributed by atoms with Gasteiger partial charge in [0.05, 0.1) is 18.9 Å². The number of rotatable bonds is 6. The fourth-order valence-corrected chi connectivity index (χ4v) is 2.73. The number of esters is 1. The van der Waals surface area contributed by atoms with Gasteiger partial charge in [-0.15, -0.1) is 0 Å². The minimum atomic E-state index is -2.78. The van der Waals surface area contributed by atoms with Gasteiger partial charge in [-0.1, -0.05) is 41.9 Å². The maximum Gasteiger partial charge on any atom is 0.340 e. The van der Waals surface area contributed by atoms with E-state index >= 15 is 0 Å². The molecule has 0 aliphatic heterocycles. The van der Waals surface area contributed by atoms with Crippen LogP contribution in [0, 0.1) is 0 Å². The fraction of sp³-hybridized carbons (Fsp3) is 0.150. The lowest BCUT2D eigenvalue weighted by Gasteiger charge is -2.14. The molecule has 0 bridgehead atoms.